The monoisotopic (exact) mass is 395 g/mol. The van der Waals surface area contributed by atoms with E-state index in [2.05, 4.69) is 25.3 Å². The minimum atomic E-state index is -3.68. The Labute approximate surface area is 159 Å². The molecule has 9 nitrogen and oxygen atoms in total. The molecule has 0 atom stereocenters. The van der Waals surface area contributed by atoms with E-state index in [9.17, 15) is 8.42 Å². The summed E-state index contributed by atoms with van der Waals surface area (Å²) in [4.78, 5) is 8.69. The molecule has 0 radical (unpaired) electrons. The summed E-state index contributed by atoms with van der Waals surface area (Å²) < 4.78 is 37.7. The smallest absolute Gasteiger partial charge is 0.240 e. The maximum Gasteiger partial charge on any atom is 0.240 e. The summed E-state index contributed by atoms with van der Waals surface area (Å²) in [6, 6.07) is 6.27. The molecule has 0 bridgehead atoms. The highest BCUT2D eigenvalue weighted by molar-refractivity contribution is 7.89. The van der Waals surface area contributed by atoms with Crippen LogP contribution in [-0.4, -0.2) is 52.2 Å². The van der Waals surface area contributed by atoms with Gasteiger partial charge in [-0.25, -0.2) is 18.1 Å². The Morgan fingerprint density at radius 1 is 1.00 bits per heavy atom. The highest BCUT2D eigenvalue weighted by atomic mass is 32.2. The Morgan fingerprint density at radius 3 is 2.41 bits per heavy atom. The first-order valence-corrected chi connectivity index (χ1v) is 9.93. The maximum atomic E-state index is 12.4. The van der Waals surface area contributed by atoms with Crippen molar-refractivity contribution in [2.75, 3.05) is 44.5 Å². The first kappa shape index (κ1) is 20.7. The van der Waals surface area contributed by atoms with Gasteiger partial charge in [0.2, 0.25) is 16.0 Å². The second-order valence-corrected chi connectivity index (χ2v) is 7.36. The highest BCUT2D eigenvalue weighted by Crippen LogP contribution is 2.29. The van der Waals surface area contributed by atoms with E-state index in [0.29, 0.717) is 24.0 Å². The Balaban J connectivity index is 1.96. The topological polar surface area (TPSA) is 114 Å². The number of methoxy groups -OCH3 is 2. The summed E-state index contributed by atoms with van der Waals surface area (Å²) >= 11 is 0. The third-order valence-corrected chi connectivity index (χ3v) is 5.04. The second kappa shape index (κ2) is 9.38. The average Bonchev–Trinajstić information content (AvgIpc) is 2.64. The van der Waals surface area contributed by atoms with Crippen molar-refractivity contribution in [2.45, 2.75) is 18.7 Å². The average molecular weight is 395 g/mol. The van der Waals surface area contributed by atoms with Gasteiger partial charge < -0.3 is 20.1 Å². The van der Waals surface area contributed by atoms with E-state index in [1.807, 2.05) is 19.9 Å². The maximum absolute atomic E-state index is 12.4. The van der Waals surface area contributed by atoms with E-state index in [-0.39, 0.29) is 11.4 Å². The summed E-state index contributed by atoms with van der Waals surface area (Å²) in [6.45, 7) is 5.11. The summed E-state index contributed by atoms with van der Waals surface area (Å²) in [6.07, 6.45) is 0. The van der Waals surface area contributed by atoms with Crippen molar-refractivity contribution in [1.29, 1.82) is 0 Å². The van der Waals surface area contributed by atoms with Crippen LogP contribution in [0.2, 0.25) is 0 Å². The van der Waals surface area contributed by atoms with E-state index in [1.165, 1.54) is 26.4 Å². The number of benzene rings is 1. The van der Waals surface area contributed by atoms with E-state index >= 15 is 0 Å². The molecule has 1 aromatic carbocycles. The molecule has 10 heteroatoms. The third-order valence-electron chi connectivity index (χ3n) is 3.58. The van der Waals surface area contributed by atoms with Crippen molar-refractivity contribution in [3.05, 3.63) is 30.0 Å². The standard InChI is InChI=1S/C17H25N5O4S/c1-5-18-16-10-12(2)21-17(22-16)19-8-9-20-27(23,24)13-6-7-14(25-3)15(11-13)26-4/h6-7,10-11,20H,5,8-9H2,1-4H3,(H2,18,19,21,22). The lowest BCUT2D eigenvalue weighted by molar-refractivity contribution is 0.354. The molecule has 0 aliphatic rings. The fourth-order valence-electron chi connectivity index (χ4n) is 2.35. The van der Waals surface area contributed by atoms with Crippen LogP contribution in [0.5, 0.6) is 11.5 Å². The lowest BCUT2D eigenvalue weighted by Gasteiger charge is -2.12. The molecule has 27 heavy (non-hydrogen) atoms. The molecule has 2 rings (SSSR count). The fourth-order valence-corrected chi connectivity index (χ4v) is 3.39. The van der Waals surface area contributed by atoms with Crippen LogP contribution in [0, 0.1) is 6.92 Å². The Bertz CT molecular complexity index is 874. The van der Waals surface area contributed by atoms with Gasteiger partial charge >= 0.3 is 0 Å². The van der Waals surface area contributed by atoms with Crippen LogP contribution in [0.4, 0.5) is 11.8 Å². The summed E-state index contributed by atoms with van der Waals surface area (Å²) in [5.41, 5.74) is 0.814. The molecule has 0 spiro atoms. The number of nitrogens with zero attached hydrogens (tertiary/aromatic N) is 2. The van der Waals surface area contributed by atoms with Crippen molar-refractivity contribution >= 4 is 21.8 Å². The van der Waals surface area contributed by atoms with Crippen molar-refractivity contribution < 1.29 is 17.9 Å². The first-order chi connectivity index (χ1) is 12.9. The highest BCUT2D eigenvalue weighted by Gasteiger charge is 2.16. The molecule has 0 fully saturated rings. The number of ether oxygens (including phenoxy) is 2. The number of hydrogen-bond acceptors (Lipinski definition) is 8. The number of aromatic nitrogens is 2. The predicted molar refractivity (Wildman–Crippen MR) is 104 cm³/mol. The van der Waals surface area contributed by atoms with Crippen LogP contribution in [0.15, 0.2) is 29.2 Å². The zero-order valence-electron chi connectivity index (χ0n) is 15.9. The van der Waals surface area contributed by atoms with Gasteiger partial charge in [-0.05, 0) is 26.0 Å². The van der Waals surface area contributed by atoms with Gasteiger partial charge in [0.15, 0.2) is 11.5 Å². The van der Waals surface area contributed by atoms with Crippen LogP contribution >= 0.6 is 0 Å². The minimum Gasteiger partial charge on any atom is -0.493 e. The van der Waals surface area contributed by atoms with Crippen LogP contribution in [0.25, 0.3) is 0 Å². The lowest BCUT2D eigenvalue weighted by atomic mass is 10.3. The molecule has 0 saturated heterocycles. The van der Waals surface area contributed by atoms with Crippen molar-refractivity contribution in [1.82, 2.24) is 14.7 Å². The quantitative estimate of drug-likeness (QED) is 0.520. The molecule has 0 unspecified atom stereocenters. The Kier molecular flexibility index (Phi) is 7.19. The van der Waals surface area contributed by atoms with Gasteiger partial charge in [0.1, 0.15) is 5.82 Å². The summed E-state index contributed by atoms with van der Waals surface area (Å²) in [5, 5.41) is 6.14. The minimum absolute atomic E-state index is 0.0985. The molecule has 0 amide bonds. The molecule has 3 N–H and O–H groups in total. The molecule has 1 heterocycles. The van der Waals surface area contributed by atoms with E-state index in [4.69, 9.17) is 9.47 Å². The van der Waals surface area contributed by atoms with Crippen LogP contribution in [-0.2, 0) is 10.0 Å². The molecule has 0 aliphatic heterocycles. The summed E-state index contributed by atoms with van der Waals surface area (Å²) in [7, 11) is -0.732. The number of anilines is 2. The molecule has 1 aromatic heterocycles. The normalized spacial score (nSPS) is 11.1. The number of sulfonamides is 1. The number of nitrogens with one attached hydrogen (secondary N) is 3. The van der Waals surface area contributed by atoms with Gasteiger partial charge in [-0.2, -0.15) is 4.98 Å². The summed E-state index contributed by atoms with van der Waals surface area (Å²) in [5.74, 6) is 1.98. The molecule has 148 valence electrons. The Morgan fingerprint density at radius 2 is 1.74 bits per heavy atom. The third kappa shape index (κ3) is 5.69. The molecule has 0 aliphatic carbocycles. The van der Waals surface area contributed by atoms with E-state index in [1.54, 1.807) is 6.07 Å². The molecular formula is C17H25N5O4S. The number of rotatable bonds is 10. The molecular weight excluding hydrogens is 370 g/mol. The van der Waals surface area contributed by atoms with Gasteiger partial charge in [-0.3, -0.25) is 0 Å². The van der Waals surface area contributed by atoms with Crippen molar-refractivity contribution in [3.63, 3.8) is 0 Å². The molecule has 2 aromatic rings. The fraction of sp³-hybridized carbons (Fsp3) is 0.412. The van der Waals surface area contributed by atoms with Gasteiger partial charge in [0.25, 0.3) is 0 Å². The van der Waals surface area contributed by atoms with Gasteiger partial charge in [0.05, 0.1) is 19.1 Å². The predicted octanol–water partition coefficient (Wildman–Crippen LogP) is 1.62. The first-order valence-electron chi connectivity index (χ1n) is 8.44. The van der Waals surface area contributed by atoms with Crippen LogP contribution < -0.4 is 24.8 Å². The van der Waals surface area contributed by atoms with Gasteiger partial charge in [-0.15, -0.1) is 0 Å². The van der Waals surface area contributed by atoms with E-state index in [0.717, 1.165) is 18.1 Å². The lowest BCUT2D eigenvalue weighted by Crippen LogP contribution is -2.29. The largest absolute Gasteiger partial charge is 0.493 e. The van der Waals surface area contributed by atoms with Crippen LogP contribution in [0.3, 0.4) is 0 Å². The molecule has 0 saturated carbocycles. The van der Waals surface area contributed by atoms with Crippen LogP contribution in [0.1, 0.15) is 12.6 Å². The second-order valence-electron chi connectivity index (χ2n) is 5.59. The van der Waals surface area contributed by atoms with Crippen molar-refractivity contribution in [3.8, 4) is 11.5 Å². The van der Waals surface area contributed by atoms with Crippen molar-refractivity contribution in [2.24, 2.45) is 0 Å². The number of aryl methyl sites for hydroxylation is 1. The number of hydrogen-bond donors (Lipinski definition) is 3. The van der Waals surface area contributed by atoms with Gasteiger partial charge in [-0.1, -0.05) is 0 Å². The van der Waals surface area contributed by atoms with Gasteiger partial charge in [0, 0.05) is 37.5 Å². The van der Waals surface area contributed by atoms with E-state index < -0.39 is 10.0 Å². The zero-order valence-corrected chi connectivity index (χ0v) is 16.7. The Hall–Kier alpha value is -2.59. The zero-order chi connectivity index (χ0) is 19.9. The SMILES string of the molecule is CCNc1cc(C)nc(NCCNS(=O)(=O)c2ccc(OC)c(OC)c2)n1.